The number of hydrogen-bond donors (Lipinski definition) is 2. The molecule has 0 aliphatic heterocycles. The number of nitrogen functional groups attached to an aromatic ring is 1. The van der Waals surface area contributed by atoms with E-state index in [0.717, 1.165) is 12.8 Å². The summed E-state index contributed by atoms with van der Waals surface area (Å²) in [4.78, 5) is 0. The largest absolute Gasteiger partial charge is 0.507 e. The average Bonchev–Trinajstić information content (AvgIpc) is 2.47. The topological polar surface area (TPSA) is 72.0 Å². The second-order valence-electron chi connectivity index (χ2n) is 5.00. The number of benzene rings is 1. The second-order valence-corrected chi connectivity index (χ2v) is 5.00. The summed E-state index contributed by atoms with van der Waals surface area (Å²) in [7, 11) is 0. The summed E-state index contributed by atoms with van der Waals surface area (Å²) < 4.78 is 0. The molecule has 21 heavy (non-hydrogen) atoms. The number of hydrogen-bond acceptors (Lipinski definition) is 4. The fourth-order valence-corrected chi connectivity index (χ4v) is 2.03. The molecular formula is C17H19N3O. The Kier molecular flexibility index (Phi) is 4.78. The highest BCUT2D eigenvalue weighted by Gasteiger charge is 2.08. The molecule has 0 amide bonds. The maximum absolute atomic E-state index is 9.88. The normalized spacial score (nSPS) is 11.5. The van der Waals surface area contributed by atoms with E-state index in [2.05, 4.69) is 35.9 Å². The molecule has 0 bridgehead atoms. The van der Waals surface area contributed by atoms with E-state index < -0.39 is 0 Å². The van der Waals surface area contributed by atoms with Crippen molar-refractivity contribution in [2.75, 3.05) is 5.73 Å². The molecule has 0 radical (unpaired) electrons. The zero-order valence-corrected chi connectivity index (χ0v) is 12.3. The Morgan fingerprint density at radius 2 is 2.05 bits per heavy atom. The Morgan fingerprint density at radius 1 is 1.29 bits per heavy atom. The van der Waals surface area contributed by atoms with Crippen molar-refractivity contribution in [1.29, 1.82) is 0 Å². The summed E-state index contributed by atoms with van der Waals surface area (Å²) in [6, 6.07) is 8.76. The summed E-state index contributed by atoms with van der Waals surface area (Å²) in [6.07, 6.45) is 2.15. The number of anilines is 1. The number of aromatic hydroxyl groups is 1. The first kappa shape index (κ1) is 14.9. The van der Waals surface area contributed by atoms with Crippen LogP contribution in [0.3, 0.4) is 0 Å². The summed E-state index contributed by atoms with van der Waals surface area (Å²) in [5.74, 6) is 7.03. The van der Waals surface area contributed by atoms with E-state index in [1.807, 2.05) is 6.07 Å². The quantitative estimate of drug-likeness (QED) is 0.847. The minimum atomic E-state index is 0.162. The van der Waals surface area contributed by atoms with Crippen molar-refractivity contribution >= 4 is 5.82 Å². The SMILES string of the molecule is CCCC(C)C#Cc1cc(-c2ccccc2O)nnc1N. The van der Waals surface area contributed by atoms with Gasteiger partial charge in [0.15, 0.2) is 5.82 Å². The lowest BCUT2D eigenvalue weighted by Gasteiger charge is -2.05. The maximum atomic E-state index is 9.88. The minimum Gasteiger partial charge on any atom is -0.507 e. The lowest BCUT2D eigenvalue weighted by atomic mass is 10.1. The number of aromatic nitrogens is 2. The molecule has 1 heterocycles. The van der Waals surface area contributed by atoms with E-state index in [0.29, 0.717) is 28.6 Å². The summed E-state index contributed by atoms with van der Waals surface area (Å²) in [5.41, 5.74) is 7.66. The van der Waals surface area contributed by atoms with Crippen LogP contribution in [0, 0.1) is 17.8 Å². The molecule has 3 N–H and O–H groups in total. The molecule has 1 aromatic heterocycles. The summed E-state index contributed by atoms with van der Waals surface area (Å²) >= 11 is 0. The van der Waals surface area contributed by atoms with Crippen molar-refractivity contribution in [3.8, 4) is 28.8 Å². The maximum Gasteiger partial charge on any atom is 0.161 e. The van der Waals surface area contributed by atoms with E-state index in [9.17, 15) is 5.11 Å². The van der Waals surface area contributed by atoms with Crippen LogP contribution in [-0.2, 0) is 0 Å². The second kappa shape index (κ2) is 6.76. The molecule has 1 aromatic carbocycles. The zero-order valence-electron chi connectivity index (χ0n) is 12.3. The van der Waals surface area contributed by atoms with Crippen LogP contribution in [0.25, 0.3) is 11.3 Å². The van der Waals surface area contributed by atoms with Gasteiger partial charge in [-0.05, 0) is 24.6 Å². The third kappa shape index (κ3) is 3.73. The molecule has 0 aliphatic rings. The van der Waals surface area contributed by atoms with Crippen molar-refractivity contribution in [2.45, 2.75) is 26.7 Å². The predicted octanol–water partition coefficient (Wildman–Crippen LogP) is 3.22. The van der Waals surface area contributed by atoms with E-state index in [1.54, 1.807) is 24.3 Å². The standard InChI is InChI=1S/C17H19N3O/c1-3-6-12(2)9-10-13-11-15(19-20-17(13)18)14-7-4-5-8-16(14)21/h4-5,7-8,11-12,21H,3,6H2,1-2H3,(H2,18,20). The lowest BCUT2D eigenvalue weighted by Crippen LogP contribution is -1.99. The van der Waals surface area contributed by atoms with Crippen molar-refractivity contribution in [3.05, 3.63) is 35.9 Å². The van der Waals surface area contributed by atoms with E-state index in [1.165, 1.54) is 0 Å². The number of nitrogens with zero attached hydrogens (tertiary/aromatic N) is 2. The van der Waals surface area contributed by atoms with Crippen LogP contribution >= 0.6 is 0 Å². The minimum absolute atomic E-state index is 0.162. The highest BCUT2D eigenvalue weighted by Crippen LogP contribution is 2.27. The van der Waals surface area contributed by atoms with Gasteiger partial charge >= 0.3 is 0 Å². The smallest absolute Gasteiger partial charge is 0.161 e. The third-order valence-corrected chi connectivity index (χ3v) is 3.18. The highest BCUT2D eigenvalue weighted by atomic mass is 16.3. The monoisotopic (exact) mass is 281 g/mol. The number of phenols is 1. The summed E-state index contributed by atoms with van der Waals surface area (Å²) in [6.45, 7) is 4.22. The van der Waals surface area contributed by atoms with Gasteiger partial charge in [-0.2, -0.15) is 0 Å². The highest BCUT2D eigenvalue weighted by molar-refractivity contribution is 5.69. The molecule has 0 spiro atoms. The average molecular weight is 281 g/mol. The molecule has 2 aromatic rings. The van der Waals surface area contributed by atoms with Gasteiger partial charge in [0.2, 0.25) is 0 Å². The Morgan fingerprint density at radius 3 is 2.76 bits per heavy atom. The Hall–Kier alpha value is -2.54. The van der Waals surface area contributed by atoms with E-state index >= 15 is 0 Å². The molecule has 0 fully saturated rings. The van der Waals surface area contributed by atoms with Crippen LogP contribution in [0.5, 0.6) is 5.75 Å². The van der Waals surface area contributed by atoms with Gasteiger partial charge in [-0.25, -0.2) is 0 Å². The zero-order chi connectivity index (χ0) is 15.2. The van der Waals surface area contributed by atoms with Crippen LogP contribution in [0.1, 0.15) is 32.3 Å². The molecule has 2 rings (SSSR count). The van der Waals surface area contributed by atoms with Crippen LogP contribution in [-0.4, -0.2) is 15.3 Å². The van der Waals surface area contributed by atoms with E-state index in [-0.39, 0.29) is 5.75 Å². The van der Waals surface area contributed by atoms with Gasteiger partial charge in [0, 0.05) is 11.5 Å². The first-order chi connectivity index (χ1) is 10.1. The predicted molar refractivity (Wildman–Crippen MR) is 84.5 cm³/mol. The van der Waals surface area contributed by atoms with Crippen molar-refractivity contribution in [2.24, 2.45) is 5.92 Å². The molecule has 0 saturated heterocycles. The number of phenolic OH excluding ortho intramolecular Hbond substituents is 1. The summed E-state index contributed by atoms with van der Waals surface area (Å²) in [5, 5.41) is 17.8. The van der Waals surface area contributed by atoms with Gasteiger partial charge in [0.1, 0.15) is 5.75 Å². The molecule has 0 saturated carbocycles. The molecular weight excluding hydrogens is 262 g/mol. The van der Waals surface area contributed by atoms with Gasteiger partial charge in [0.05, 0.1) is 11.3 Å². The molecule has 4 nitrogen and oxygen atoms in total. The van der Waals surface area contributed by atoms with Gasteiger partial charge in [-0.15, -0.1) is 10.2 Å². The molecule has 0 aliphatic carbocycles. The molecule has 108 valence electrons. The number of para-hydroxylation sites is 1. The third-order valence-electron chi connectivity index (χ3n) is 3.18. The molecule has 1 unspecified atom stereocenters. The fraction of sp³-hybridized carbons (Fsp3) is 0.294. The van der Waals surface area contributed by atoms with Crippen molar-refractivity contribution < 1.29 is 5.11 Å². The fourth-order valence-electron chi connectivity index (χ4n) is 2.03. The van der Waals surface area contributed by atoms with Crippen molar-refractivity contribution in [3.63, 3.8) is 0 Å². The van der Waals surface area contributed by atoms with Crippen LogP contribution in [0.15, 0.2) is 30.3 Å². The lowest BCUT2D eigenvalue weighted by molar-refractivity contribution is 0.477. The van der Waals surface area contributed by atoms with Gasteiger partial charge in [0.25, 0.3) is 0 Å². The Bertz CT molecular complexity index is 686. The first-order valence-corrected chi connectivity index (χ1v) is 7.05. The van der Waals surface area contributed by atoms with Crippen LogP contribution < -0.4 is 5.73 Å². The molecule has 1 atom stereocenters. The Balaban J connectivity index is 2.36. The molecule has 4 heteroatoms. The van der Waals surface area contributed by atoms with E-state index in [4.69, 9.17) is 5.73 Å². The van der Waals surface area contributed by atoms with Gasteiger partial charge in [-0.1, -0.05) is 44.2 Å². The van der Waals surface area contributed by atoms with Crippen molar-refractivity contribution in [1.82, 2.24) is 10.2 Å². The Labute approximate surface area is 125 Å². The number of nitrogens with two attached hydrogens (primary N) is 1. The van der Waals surface area contributed by atoms with Crippen LogP contribution in [0.4, 0.5) is 5.82 Å². The first-order valence-electron chi connectivity index (χ1n) is 7.05. The number of rotatable bonds is 3. The van der Waals surface area contributed by atoms with Gasteiger partial charge < -0.3 is 10.8 Å². The van der Waals surface area contributed by atoms with Crippen LogP contribution in [0.2, 0.25) is 0 Å². The van der Waals surface area contributed by atoms with Gasteiger partial charge in [-0.3, -0.25) is 0 Å².